The lowest BCUT2D eigenvalue weighted by molar-refractivity contribution is -0.140. The molecule has 8 nitrogen and oxygen atoms in total. The number of carbonyl (C=O) groups excluding carboxylic acids is 3. The summed E-state index contributed by atoms with van der Waals surface area (Å²) < 4.78 is 26.4. The van der Waals surface area contributed by atoms with Crippen molar-refractivity contribution < 1.29 is 22.8 Å². The summed E-state index contributed by atoms with van der Waals surface area (Å²) in [6.45, 7) is 6.74. The summed E-state index contributed by atoms with van der Waals surface area (Å²) >= 11 is 0. The van der Waals surface area contributed by atoms with Crippen LogP contribution in [-0.2, 0) is 26.2 Å². The number of benzene rings is 2. The minimum atomic E-state index is -4.14. The van der Waals surface area contributed by atoms with Gasteiger partial charge in [0.25, 0.3) is 15.9 Å². The van der Waals surface area contributed by atoms with Crippen molar-refractivity contribution in [2.75, 3.05) is 6.54 Å². The highest BCUT2D eigenvalue weighted by molar-refractivity contribution is 7.90. The first-order valence-corrected chi connectivity index (χ1v) is 12.3. The lowest BCUT2D eigenvalue weighted by Gasteiger charge is -2.31. The maximum Gasteiger partial charge on any atom is 0.269 e. The van der Waals surface area contributed by atoms with Crippen molar-refractivity contribution in [2.24, 2.45) is 0 Å². The van der Waals surface area contributed by atoms with Crippen LogP contribution in [0.1, 0.15) is 48.7 Å². The van der Waals surface area contributed by atoms with E-state index >= 15 is 0 Å². The van der Waals surface area contributed by atoms with E-state index in [9.17, 15) is 22.8 Å². The molecular weight excluding hydrogens is 442 g/mol. The first-order chi connectivity index (χ1) is 15.6. The molecule has 0 unspecified atom stereocenters. The molecular formula is C24H29N3O5S. The van der Waals surface area contributed by atoms with Gasteiger partial charge in [-0.05, 0) is 44.9 Å². The molecule has 0 spiro atoms. The molecule has 0 radical (unpaired) electrons. The summed E-state index contributed by atoms with van der Waals surface area (Å²) in [7, 11) is -4.14. The Hall–Kier alpha value is -3.20. The standard InChI is InChI=1S/C24H29N3O5S/c1-5-17(3)25-23(29)18(4)26(14-19-10-8-9-16(2)13-19)22(28)15-27-24(30)20-11-6-7-12-21(20)33(27,31)32/h6-13,17-18H,5,14-15H2,1-4H3,(H,25,29)/t17-,18-/m0/s1. The number of carbonyl (C=O) groups is 3. The van der Waals surface area contributed by atoms with E-state index < -0.39 is 34.4 Å². The van der Waals surface area contributed by atoms with Gasteiger partial charge in [0.15, 0.2) is 0 Å². The van der Waals surface area contributed by atoms with Gasteiger partial charge in [0.05, 0.1) is 5.56 Å². The Kier molecular flexibility index (Phi) is 7.22. The Morgan fingerprint density at radius 1 is 1.09 bits per heavy atom. The van der Waals surface area contributed by atoms with Crippen LogP contribution in [-0.4, -0.2) is 54.0 Å². The third kappa shape index (κ3) is 5.08. The third-order valence-electron chi connectivity index (χ3n) is 5.79. The maximum absolute atomic E-state index is 13.4. The number of nitrogens with one attached hydrogen (secondary N) is 1. The fraction of sp³-hybridized carbons (Fsp3) is 0.375. The number of amides is 3. The Morgan fingerprint density at radius 2 is 1.79 bits per heavy atom. The molecule has 1 aliphatic rings. The van der Waals surface area contributed by atoms with Crippen LogP contribution in [0.2, 0.25) is 0 Å². The van der Waals surface area contributed by atoms with Gasteiger partial charge in [-0.15, -0.1) is 0 Å². The first kappa shape index (κ1) is 24.4. The molecule has 0 bridgehead atoms. The smallest absolute Gasteiger partial charge is 0.269 e. The summed E-state index contributed by atoms with van der Waals surface area (Å²) in [5.74, 6) is -1.72. The van der Waals surface area contributed by atoms with Gasteiger partial charge in [0.1, 0.15) is 17.5 Å². The number of aryl methyl sites for hydroxylation is 1. The van der Waals surface area contributed by atoms with Crippen molar-refractivity contribution in [1.29, 1.82) is 0 Å². The van der Waals surface area contributed by atoms with E-state index in [1.807, 2.05) is 45.0 Å². The van der Waals surface area contributed by atoms with Crippen LogP contribution in [0.5, 0.6) is 0 Å². The summed E-state index contributed by atoms with van der Waals surface area (Å²) in [4.78, 5) is 40.1. The predicted molar refractivity (Wildman–Crippen MR) is 124 cm³/mol. The van der Waals surface area contributed by atoms with Crippen molar-refractivity contribution in [3.63, 3.8) is 0 Å². The zero-order valence-electron chi connectivity index (χ0n) is 19.2. The van der Waals surface area contributed by atoms with Crippen molar-refractivity contribution >= 4 is 27.7 Å². The van der Waals surface area contributed by atoms with Crippen molar-refractivity contribution in [3.8, 4) is 0 Å². The minimum Gasteiger partial charge on any atom is -0.352 e. The van der Waals surface area contributed by atoms with Gasteiger partial charge in [-0.1, -0.05) is 48.9 Å². The highest BCUT2D eigenvalue weighted by Crippen LogP contribution is 2.30. The largest absolute Gasteiger partial charge is 0.352 e. The third-order valence-corrected chi connectivity index (χ3v) is 7.58. The van der Waals surface area contributed by atoms with E-state index in [2.05, 4.69) is 5.32 Å². The van der Waals surface area contributed by atoms with Crippen molar-refractivity contribution in [3.05, 3.63) is 65.2 Å². The summed E-state index contributed by atoms with van der Waals surface area (Å²) in [5, 5.41) is 2.86. The molecule has 0 saturated heterocycles. The molecule has 1 heterocycles. The van der Waals surface area contributed by atoms with E-state index in [4.69, 9.17) is 0 Å². The molecule has 9 heteroatoms. The number of nitrogens with zero attached hydrogens (tertiary/aromatic N) is 2. The highest BCUT2D eigenvalue weighted by atomic mass is 32.2. The van der Waals surface area contributed by atoms with Crippen LogP contribution in [0.4, 0.5) is 0 Å². The van der Waals surface area contributed by atoms with Gasteiger partial charge in [-0.3, -0.25) is 14.4 Å². The normalized spacial score (nSPS) is 16.1. The molecule has 2 aromatic rings. The topological polar surface area (TPSA) is 104 Å². The first-order valence-electron chi connectivity index (χ1n) is 10.9. The van der Waals surface area contributed by atoms with Gasteiger partial charge < -0.3 is 10.2 Å². The van der Waals surface area contributed by atoms with Crippen LogP contribution in [0.25, 0.3) is 0 Å². The van der Waals surface area contributed by atoms with Gasteiger partial charge in [0, 0.05) is 12.6 Å². The lowest BCUT2D eigenvalue weighted by atomic mass is 10.1. The van der Waals surface area contributed by atoms with E-state index in [0.29, 0.717) is 4.31 Å². The quantitative estimate of drug-likeness (QED) is 0.637. The molecule has 2 atom stereocenters. The average molecular weight is 472 g/mol. The van der Waals surface area contributed by atoms with Crippen LogP contribution < -0.4 is 5.32 Å². The van der Waals surface area contributed by atoms with Crippen LogP contribution in [0.15, 0.2) is 53.4 Å². The molecule has 1 aliphatic heterocycles. The highest BCUT2D eigenvalue weighted by Gasteiger charge is 2.43. The van der Waals surface area contributed by atoms with Gasteiger partial charge in [0.2, 0.25) is 11.8 Å². The number of hydrogen-bond donors (Lipinski definition) is 1. The van der Waals surface area contributed by atoms with Gasteiger partial charge in [-0.25, -0.2) is 12.7 Å². The average Bonchev–Trinajstić information content (AvgIpc) is 2.97. The molecule has 0 aromatic heterocycles. The SMILES string of the molecule is CC[C@H](C)NC(=O)[C@H](C)N(Cc1cccc(C)c1)C(=O)CN1C(=O)c2ccccc2S1(=O)=O. The van der Waals surface area contributed by atoms with Crippen molar-refractivity contribution in [1.82, 2.24) is 14.5 Å². The van der Waals surface area contributed by atoms with Crippen molar-refractivity contribution in [2.45, 2.75) is 57.6 Å². The zero-order valence-corrected chi connectivity index (χ0v) is 20.1. The fourth-order valence-corrected chi connectivity index (χ4v) is 5.17. The Bertz CT molecular complexity index is 1180. The second-order valence-corrected chi connectivity index (χ2v) is 10.1. The van der Waals surface area contributed by atoms with Crippen LogP contribution in [0, 0.1) is 6.92 Å². The summed E-state index contributed by atoms with van der Waals surface area (Å²) in [5.41, 5.74) is 1.83. The number of fused-ring (bicyclic) bond motifs is 1. The summed E-state index contributed by atoms with van der Waals surface area (Å²) in [6.07, 6.45) is 0.725. The minimum absolute atomic E-state index is 0.0399. The van der Waals surface area contributed by atoms with E-state index in [0.717, 1.165) is 17.5 Å². The predicted octanol–water partition coefficient (Wildman–Crippen LogP) is 2.47. The van der Waals surface area contributed by atoms with E-state index in [1.54, 1.807) is 13.0 Å². The second kappa shape index (κ2) is 9.74. The van der Waals surface area contributed by atoms with Crippen LogP contribution in [0.3, 0.4) is 0 Å². The van der Waals surface area contributed by atoms with E-state index in [1.165, 1.54) is 23.1 Å². The molecule has 0 fully saturated rings. The Balaban J connectivity index is 1.89. The van der Waals surface area contributed by atoms with Crippen LogP contribution >= 0.6 is 0 Å². The fourth-order valence-electron chi connectivity index (χ4n) is 3.66. The number of rotatable bonds is 8. The van der Waals surface area contributed by atoms with E-state index in [-0.39, 0.29) is 29.0 Å². The molecule has 3 rings (SSSR count). The molecule has 3 amide bonds. The van der Waals surface area contributed by atoms with Gasteiger partial charge in [-0.2, -0.15) is 0 Å². The Labute approximate surface area is 194 Å². The monoisotopic (exact) mass is 471 g/mol. The molecule has 176 valence electrons. The lowest BCUT2D eigenvalue weighted by Crippen LogP contribution is -2.52. The molecule has 0 aliphatic carbocycles. The maximum atomic E-state index is 13.4. The number of sulfonamides is 1. The molecule has 0 saturated carbocycles. The number of hydrogen-bond acceptors (Lipinski definition) is 5. The van der Waals surface area contributed by atoms with Gasteiger partial charge >= 0.3 is 0 Å². The zero-order chi connectivity index (χ0) is 24.3. The Morgan fingerprint density at radius 3 is 2.42 bits per heavy atom. The molecule has 33 heavy (non-hydrogen) atoms. The summed E-state index contributed by atoms with van der Waals surface area (Å²) in [6, 6.07) is 12.4. The molecule has 1 N–H and O–H groups in total. The molecule has 2 aromatic carbocycles. The second-order valence-electron chi connectivity index (χ2n) is 8.32.